The number of hydrogen-bond acceptors (Lipinski definition) is 2. The van der Waals surface area contributed by atoms with Crippen molar-refractivity contribution in [2.45, 2.75) is 13.1 Å². The maximum absolute atomic E-state index is 12.8. The van der Waals surface area contributed by atoms with Crippen LogP contribution in [0, 0.1) is 6.92 Å². The van der Waals surface area contributed by atoms with Gasteiger partial charge >= 0.3 is 6.18 Å². The molecule has 0 unspecified atom stereocenters. The van der Waals surface area contributed by atoms with Gasteiger partial charge in [0.25, 0.3) is 5.56 Å². The Hall–Kier alpha value is -2.57. The second kappa shape index (κ2) is 4.72. The molecule has 22 heavy (non-hydrogen) atoms. The molecule has 1 aromatic carbocycles. The van der Waals surface area contributed by atoms with Crippen molar-refractivity contribution in [3.8, 4) is 11.3 Å². The molecule has 0 saturated heterocycles. The van der Waals surface area contributed by atoms with Gasteiger partial charge in [0.2, 0.25) is 0 Å². The number of halogens is 3. The van der Waals surface area contributed by atoms with Gasteiger partial charge in [0, 0.05) is 19.2 Å². The van der Waals surface area contributed by atoms with Crippen molar-refractivity contribution in [3.05, 3.63) is 58.0 Å². The maximum Gasteiger partial charge on any atom is 0.435 e. The number of aryl methyl sites for hydroxylation is 2. The summed E-state index contributed by atoms with van der Waals surface area (Å²) in [7, 11) is 1.60. The molecule has 0 N–H and O–H groups in total. The van der Waals surface area contributed by atoms with E-state index < -0.39 is 17.4 Å². The lowest BCUT2D eigenvalue weighted by atomic mass is 10.1. The molecular formula is C15H12F3N3O. The van der Waals surface area contributed by atoms with E-state index in [0.29, 0.717) is 5.69 Å². The van der Waals surface area contributed by atoms with Gasteiger partial charge < -0.3 is 4.57 Å². The van der Waals surface area contributed by atoms with Crippen molar-refractivity contribution in [2.24, 2.45) is 7.05 Å². The number of alkyl halides is 3. The van der Waals surface area contributed by atoms with Gasteiger partial charge in [-0.25, -0.2) is 0 Å². The fourth-order valence-corrected chi connectivity index (χ4v) is 2.31. The summed E-state index contributed by atoms with van der Waals surface area (Å²) in [5, 5.41) is 3.35. The zero-order chi connectivity index (χ0) is 16.1. The molecule has 0 aliphatic heterocycles. The van der Waals surface area contributed by atoms with Gasteiger partial charge in [0.05, 0.1) is 5.69 Å². The Kier molecular flexibility index (Phi) is 3.09. The molecule has 0 atom stereocenters. The molecular weight excluding hydrogens is 295 g/mol. The van der Waals surface area contributed by atoms with Crippen molar-refractivity contribution in [1.29, 1.82) is 0 Å². The number of benzene rings is 1. The first-order valence-corrected chi connectivity index (χ1v) is 6.51. The lowest BCUT2D eigenvalue weighted by molar-refractivity contribution is -0.141. The fourth-order valence-electron chi connectivity index (χ4n) is 2.31. The number of nitrogens with zero attached hydrogens (tertiary/aromatic N) is 3. The smallest absolute Gasteiger partial charge is 0.329 e. The van der Waals surface area contributed by atoms with E-state index in [4.69, 9.17) is 0 Å². The van der Waals surface area contributed by atoms with Gasteiger partial charge in [-0.05, 0) is 12.5 Å². The largest absolute Gasteiger partial charge is 0.435 e. The molecule has 0 amide bonds. The standard InChI is InChI=1S/C15H12F3N3O/c1-9-3-5-10(6-4-9)11-7-14(22)21-13(20(11)2)8-12(19-21)15(16,17)18/h3-8H,1-2H3. The van der Waals surface area contributed by atoms with Crippen LogP contribution in [0.3, 0.4) is 0 Å². The van der Waals surface area contributed by atoms with Gasteiger partial charge in [-0.15, -0.1) is 0 Å². The second-order valence-electron chi connectivity index (χ2n) is 5.09. The summed E-state index contributed by atoms with van der Waals surface area (Å²) >= 11 is 0. The molecule has 0 fully saturated rings. The number of aromatic nitrogens is 3. The van der Waals surface area contributed by atoms with Crippen LogP contribution in [-0.2, 0) is 13.2 Å². The topological polar surface area (TPSA) is 39.3 Å². The van der Waals surface area contributed by atoms with Crippen LogP contribution in [0.1, 0.15) is 11.3 Å². The van der Waals surface area contributed by atoms with Gasteiger partial charge in [-0.1, -0.05) is 29.8 Å². The molecule has 7 heteroatoms. The third-order valence-electron chi connectivity index (χ3n) is 3.50. The van der Waals surface area contributed by atoms with Gasteiger partial charge in [-0.2, -0.15) is 22.8 Å². The monoisotopic (exact) mass is 307 g/mol. The predicted octanol–water partition coefficient (Wildman–Crippen LogP) is 3.03. The van der Waals surface area contributed by atoms with E-state index in [1.54, 1.807) is 7.05 Å². The highest BCUT2D eigenvalue weighted by atomic mass is 19.4. The second-order valence-corrected chi connectivity index (χ2v) is 5.09. The lowest BCUT2D eigenvalue weighted by Gasteiger charge is -2.10. The van der Waals surface area contributed by atoms with Gasteiger partial charge in [-0.3, -0.25) is 4.79 Å². The summed E-state index contributed by atoms with van der Waals surface area (Å²) in [6.45, 7) is 1.93. The quantitative estimate of drug-likeness (QED) is 0.693. The Morgan fingerprint density at radius 2 is 1.73 bits per heavy atom. The number of fused-ring (bicyclic) bond motifs is 1. The summed E-state index contributed by atoms with van der Waals surface area (Å²) in [5.41, 5.74) is 0.753. The van der Waals surface area contributed by atoms with Crippen molar-refractivity contribution in [1.82, 2.24) is 14.2 Å². The molecule has 0 aliphatic rings. The molecule has 0 radical (unpaired) electrons. The van der Waals surface area contributed by atoms with Crippen LogP contribution >= 0.6 is 0 Å². The van der Waals surface area contributed by atoms with Crippen LogP contribution in [0.2, 0.25) is 0 Å². The van der Waals surface area contributed by atoms with Crippen molar-refractivity contribution < 1.29 is 13.2 Å². The normalized spacial score (nSPS) is 12.0. The third-order valence-corrected chi connectivity index (χ3v) is 3.50. The Morgan fingerprint density at radius 1 is 1.09 bits per heavy atom. The third kappa shape index (κ3) is 2.28. The van der Waals surface area contributed by atoms with Crippen LogP contribution < -0.4 is 5.56 Å². The van der Waals surface area contributed by atoms with E-state index in [2.05, 4.69) is 5.10 Å². The minimum absolute atomic E-state index is 0.0930. The Balaban J connectivity index is 2.28. The van der Waals surface area contributed by atoms with E-state index >= 15 is 0 Å². The Bertz CT molecular complexity index is 905. The van der Waals surface area contributed by atoms with Crippen LogP contribution in [-0.4, -0.2) is 14.2 Å². The molecule has 0 saturated carbocycles. The highest BCUT2D eigenvalue weighted by molar-refractivity contribution is 5.63. The van der Waals surface area contributed by atoms with E-state index in [0.717, 1.165) is 21.7 Å². The van der Waals surface area contributed by atoms with E-state index in [9.17, 15) is 18.0 Å². The highest BCUT2D eigenvalue weighted by Crippen LogP contribution is 2.29. The Labute approximate surface area is 123 Å². The summed E-state index contributed by atoms with van der Waals surface area (Å²) in [5.74, 6) is 0. The molecule has 3 rings (SSSR count). The summed E-state index contributed by atoms with van der Waals surface area (Å²) in [6, 6.07) is 9.55. The fraction of sp³-hybridized carbons (Fsp3) is 0.200. The maximum atomic E-state index is 12.8. The van der Waals surface area contributed by atoms with Gasteiger partial charge in [0.15, 0.2) is 5.69 Å². The summed E-state index contributed by atoms with van der Waals surface area (Å²) < 4.78 is 40.6. The zero-order valence-electron chi connectivity index (χ0n) is 11.8. The molecule has 2 aromatic heterocycles. The average Bonchev–Trinajstić information content (AvgIpc) is 2.90. The van der Waals surface area contributed by atoms with Crippen LogP contribution in [0.15, 0.2) is 41.2 Å². The van der Waals surface area contributed by atoms with Crippen LogP contribution in [0.5, 0.6) is 0 Å². The average molecular weight is 307 g/mol. The first kappa shape index (κ1) is 14.4. The predicted molar refractivity (Wildman–Crippen MR) is 75.6 cm³/mol. The summed E-state index contributed by atoms with van der Waals surface area (Å²) in [4.78, 5) is 12.1. The molecule has 4 nitrogen and oxygen atoms in total. The molecule has 2 heterocycles. The molecule has 0 spiro atoms. The zero-order valence-corrected chi connectivity index (χ0v) is 11.8. The first-order chi connectivity index (χ1) is 10.3. The number of hydrogen-bond donors (Lipinski definition) is 0. The minimum Gasteiger partial charge on any atom is -0.329 e. The Morgan fingerprint density at radius 3 is 2.32 bits per heavy atom. The summed E-state index contributed by atoms with van der Waals surface area (Å²) in [6.07, 6.45) is -4.59. The van der Waals surface area contributed by atoms with E-state index in [-0.39, 0.29) is 5.65 Å². The van der Waals surface area contributed by atoms with Gasteiger partial charge in [0.1, 0.15) is 5.65 Å². The lowest BCUT2D eigenvalue weighted by Crippen LogP contribution is -2.18. The first-order valence-electron chi connectivity index (χ1n) is 6.51. The van der Waals surface area contributed by atoms with E-state index in [1.807, 2.05) is 31.2 Å². The SMILES string of the molecule is Cc1ccc(-c2cc(=O)n3nc(C(F)(F)F)cc3n2C)cc1. The molecule has 0 bridgehead atoms. The van der Waals surface area contributed by atoms with Crippen LogP contribution in [0.25, 0.3) is 16.9 Å². The molecule has 0 aliphatic carbocycles. The highest BCUT2D eigenvalue weighted by Gasteiger charge is 2.34. The van der Waals surface area contributed by atoms with Crippen molar-refractivity contribution >= 4 is 5.65 Å². The van der Waals surface area contributed by atoms with Crippen molar-refractivity contribution in [2.75, 3.05) is 0 Å². The minimum atomic E-state index is -4.59. The van der Waals surface area contributed by atoms with Crippen LogP contribution in [0.4, 0.5) is 13.2 Å². The molecule has 114 valence electrons. The van der Waals surface area contributed by atoms with Crippen molar-refractivity contribution in [3.63, 3.8) is 0 Å². The van der Waals surface area contributed by atoms with E-state index in [1.165, 1.54) is 10.6 Å². The number of rotatable bonds is 1. The molecule has 3 aromatic rings.